The molecule has 0 aromatic carbocycles. The second kappa shape index (κ2) is 5.49. The van der Waals surface area contributed by atoms with Crippen LogP contribution in [0.4, 0.5) is 0 Å². The van der Waals surface area contributed by atoms with Gasteiger partial charge >= 0.3 is 0 Å². The Morgan fingerprint density at radius 2 is 2.44 bits per heavy atom. The third-order valence-corrected chi connectivity index (χ3v) is 2.02. The van der Waals surface area contributed by atoms with Gasteiger partial charge in [0.1, 0.15) is 0 Å². The van der Waals surface area contributed by atoms with Crippen molar-refractivity contribution in [3.05, 3.63) is 0 Å². The maximum absolute atomic E-state index is 10.6. The Morgan fingerprint density at radius 3 is 2.56 bits per heavy atom. The molecule has 0 aliphatic heterocycles. The summed E-state index contributed by atoms with van der Waals surface area (Å²) in [4.78, 5) is 10.6. The molecule has 1 atom stereocenters. The lowest BCUT2D eigenvalue weighted by Crippen LogP contribution is -2.35. The fraction of sp³-hybridized carbons (Fsp3) is 0.800. The summed E-state index contributed by atoms with van der Waals surface area (Å²) < 4.78 is 0.129. The lowest BCUT2D eigenvalue weighted by Gasteiger charge is -2.08. The van der Waals surface area contributed by atoms with Crippen LogP contribution in [0.2, 0.25) is 0 Å². The number of carbonyl (C=O) groups is 1. The number of likely N-dealkylation sites (N-methyl/N-ethyl adjacent to an activating group) is 1. The number of nitrogens with one attached hydrogen (secondary N) is 1. The van der Waals surface area contributed by atoms with Crippen LogP contribution in [0.25, 0.3) is 0 Å². The zero-order valence-corrected chi connectivity index (χ0v) is 8.28. The lowest BCUT2D eigenvalue weighted by molar-refractivity contribution is -0.110. The molecule has 1 N–H and O–H groups in total. The van der Waals surface area contributed by atoms with Crippen molar-refractivity contribution < 1.29 is 4.79 Å². The smallest absolute Gasteiger partial charge is 0.209 e. The minimum atomic E-state index is -0.0704. The van der Waals surface area contributed by atoms with Crippen LogP contribution in [0.15, 0.2) is 0 Å². The Labute approximate surface area is 74.3 Å². The Hall–Kier alpha value is 0.710. The van der Waals surface area contributed by atoms with Gasteiger partial charge in [0.2, 0.25) is 3.79 Å². The molecule has 0 rings (SSSR count). The molecule has 0 unspecified atom stereocenters. The van der Waals surface area contributed by atoms with E-state index in [9.17, 15) is 4.79 Å². The van der Waals surface area contributed by atoms with Crippen molar-refractivity contribution >= 4 is 39.0 Å². The minimum absolute atomic E-state index is 0.0704. The number of thiol groups is 1. The molecule has 0 aliphatic carbocycles. The van der Waals surface area contributed by atoms with E-state index < -0.39 is 0 Å². The molecule has 0 aromatic rings. The second-order valence-electron chi connectivity index (χ2n) is 1.60. The summed E-state index contributed by atoms with van der Waals surface area (Å²) in [7, 11) is 0. The Kier molecular flexibility index (Phi) is 5.92. The van der Waals surface area contributed by atoms with E-state index in [1.165, 1.54) is 0 Å². The summed E-state index contributed by atoms with van der Waals surface area (Å²) in [6, 6.07) is -0.0704. The van der Waals surface area contributed by atoms with Crippen molar-refractivity contribution in [3.8, 4) is 0 Å². The predicted molar refractivity (Wildman–Crippen MR) is 50.3 cm³/mol. The van der Waals surface area contributed by atoms with E-state index in [1.807, 2.05) is 6.92 Å². The minimum Gasteiger partial charge on any atom is -0.306 e. The predicted octanol–water partition coefficient (Wildman–Crippen LogP) is 0.856. The average Bonchev–Trinajstić information content (AvgIpc) is 1.82. The number of rotatable bonds is 4. The van der Waals surface area contributed by atoms with Gasteiger partial charge in [-0.3, -0.25) is 4.79 Å². The molecule has 9 heavy (non-hydrogen) atoms. The van der Waals surface area contributed by atoms with Gasteiger partial charge in [-0.25, -0.2) is 0 Å². The Morgan fingerprint density at radius 1 is 1.89 bits per heavy atom. The highest BCUT2D eigenvalue weighted by Crippen LogP contribution is 1.96. The molecule has 2 nitrogen and oxygen atoms in total. The van der Waals surface area contributed by atoms with Gasteiger partial charge < -0.3 is 5.32 Å². The van der Waals surface area contributed by atoms with Gasteiger partial charge in [-0.05, 0) is 6.54 Å². The van der Waals surface area contributed by atoms with Crippen molar-refractivity contribution in [2.45, 2.75) is 13.0 Å². The van der Waals surface area contributed by atoms with Gasteiger partial charge in [-0.1, -0.05) is 6.92 Å². The summed E-state index contributed by atoms with van der Waals surface area (Å²) in [5.74, 6) is 0.579. The zero-order chi connectivity index (χ0) is 7.28. The Bertz CT molecular complexity index is 99.0. The number of halogens is 1. The highest BCUT2D eigenvalue weighted by molar-refractivity contribution is 14.1. The molecule has 0 fully saturated rings. The third-order valence-electron chi connectivity index (χ3n) is 0.907. The van der Waals surface area contributed by atoms with Gasteiger partial charge in [-0.2, -0.15) is 12.6 Å². The van der Waals surface area contributed by atoms with Crippen LogP contribution >= 0.6 is 35.2 Å². The molecular weight excluding hydrogens is 249 g/mol. The van der Waals surface area contributed by atoms with Gasteiger partial charge in [-0.15, -0.1) is 0 Å². The fourth-order valence-corrected chi connectivity index (χ4v) is 1.55. The summed E-state index contributed by atoms with van der Waals surface area (Å²) in [5, 5.41) is 3.00. The monoisotopic (exact) mass is 259 g/mol. The highest BCUT2D eigenvalue weighted by atomic mass is 127. The highest BCUT2D eigenvalue weighted by Gasteiger charge is 2.10. The number of hydrogen-bond acceptors (Lipinski definition) is 3. The van der Waals surface area contributed by atoms with Gasteiger partial charge in [0.25, 0.3) is 0 Å². The standard InChI is InChI=1S/C5H10INOS/c1-2-7-4(3-9)5(6)8/h4,7,9H,2-3H2,1H3/t4-/m0/s1. The third kappa shape index (κ3) is 4.16. The number of carbonyl (C=O) groups excluding carboxylic acids is 1. The molecule has 0 saturated heterocycles. The van der Waals surface area contributed by atoms with Crippen LogP contribution in [0, 0.1) is 0 Å². The molecule has 0 bridgehead atoms. The first kappa shape index (κ1) is 9.71. The average molecular weight is 259 g/mol. The molecule has 0 radical (unpaired) electrons. The van der Waals surface area contributed by atoms with Gasteiger partial charge in [0.15, 0.2) is 0 Å². The van der Waals surface area contributed by atoms with E-state index in [0.29, 0.717) is 5.75 Å². The molecule has 0 heterocycles. The molecule has 0 aliphatic rings. The summed E-state index contributed by atoms with van der Waals surface area (Å²) in [6.45, 7) is 2.79. The van der Waals surface area contributed by atoms with E-state index in [4.69, 9.17) is 0 Å². The molecule has 0 spiro atoms. The van der Waals surface area contributed by atoms with Crippen LogP contribution < -0.4 is 5.32 Å². The van der Waals surface area contributed by atoms with Crippen LogP contribution in [-0.4, -0.2) is 22.1 Å². The summed E-state index contributed by atoms with van der Waals surface area (Å²) in [5.41, 5.74) is 0. The molecule has 0 saturated carbocycles. The van der Waals surface area contributed by atoms with E-state index in [-0.39, 0.29) is 9.83 Å². The molecule has 54 valence electrons. The Balaban J connectivity index is 3.54. The van der Waals surface area contributed by atoms with Crippen LogP contribution in [0.1, 0.15) is 6.92 Å². The largest absolute Gasteiger partial charge is 0.306 e. The van der Waals surface area contributed by atoms with Crippen molar-refractivity contribution in [3.63, 3.8) is 0 Å². The lowest BCUT2D eigenvalue weighted by atomic mass is 10.4. The maximum Gasteiger partial charge on any atom is 0.209 e. The van der Waals surface area contributed by atoms with E-state index in [1.54, 1.807) is 22.6 Å². The van der Waals surface area contributed by atoms with Gasteiger partial charge in [0.05, 0.1) is 6.04 Å². The molecule has 0 aromatic heterocycles. The van der Waals surface area contributed by atoms with Crippen molar-refractivity contribution in [1.29, 1.82) is 0 Å². The fourth-order valence-electron chi connectivity index (χ4n) is 0.463. The molecule has 4 heteroatoms. The first-order chi connectivity index (χ1) is 4.22. The zero-order valence-electron chi connectivity index (χ0n) is 5.22. The van der Waals surface area contributed by atoms with Crippen LogP contribution in [0.3, 0.4) is 0 Å². The molecule has 0 amide bonds. The number of hydrogen-bond donors (Lipinski definition) is 2. The van der Waals surface area contributed by atoms with Crippen LogP contribution in [0.5, 0.6) is 0 Å². The van der Waals surface area contributed by atoms with E-state index >= 15 is 0 Å². The normalized spacial score (nSPS) is 13.2. The summed E-state index contributed by atoms with van der Waals surface area (Å²) in [6.07, 6.45) is 0. The van der Waals surface area contributed by atoms with Gasteiger partial charge in [0, 0.05) is 28.3 Å². The van der Waals surface area contributed by atoms with Crippen molar-refractivity contribution in [1.82, 2.24) is 5.32 Å². The van der Waals surface area contributed by atoms with Crippen molar-refractivity contribution in [2.24, 2.45) is 0 Å². The topological polar surface area (TPSA) is 29.1 Å². The second-order valence-corrected chi connectivity index (χ2v) is 3.03. The first-order valence-electron chi connectivity index (χ1n) is 2.76. The first-order valence-corrected chi connectivity index (χ1v) is 4.47. The SMILES string of the molecule is CCN[C@@H](CS)C(=O)I. The maximum atomic E-state index is 10.6. The summed E-state index contributed by atoms with van der Waals surface area (Å²) >= 11 is 5.78. The van der Waals surface area contributed by atoms with Crippen LogP contribution in [-0.2, 0) is 4.79 Å². The van der Waals surface area contributed by atoms with Crippen molar-refractivity contribution in [2.75, 3.05) is 12.3 Å². The van der Waals surface area contributed by atoms with E-state index in [2.05, 4.69) is 17.9 Å². The quantitative estimate of drug-likeness (QED) is 0.445. The molecular formula is C5H10INOS. The van der Waals surface area contributed by atoms with E-state index in [0.717, 1.165) is 6.54 Å².